The second kappa shape index (κ2) is 7.99. The monoisotopic (exact) mass is 401 g/mol. The van der Waals surface area contributed by atoms with E-state index in [4.69, 9.17) is 4.74 Å². The molecule has 0 saturated heterocycles. The first-order chi connectivity index (χ1) is 12.6. The normalized spacial score (nSPS) is 11.9. The number of halogens is 3. The Labute approximate surface area is 155 Å². The highest BCUT2D eigenvalue weighted by molar-refractivity contribution is 7.91. The first-order valence-corrected chi connectivity index (χ1v) is 9.72. The minimum absolute atomic E-state index is 0.0654. The number of hydrogen-bond acceptors (Lipinski definition) is 4. The number of amides is 1. The average Bonchev–Trinajstić information content (AvgIpc) is 2.62. The van der Waals surface area contributed by atoms with Gasteiger partial charge in [0.1, 0.15) is 5.75 Å². The third-order valence-electron chi connectivity index (χ3n) is 3.71. The van der Waals surface area contributed by atoms with Gasteiger partial charge in [-0.2, -0.15) is 13.2 Å². The number of alkyl halides is 3. The molecule has 9 heteroatoms. The third kappa shape index (κ3) is 5.00. The second-order valence-corrected chi connectivity index (χ2v) is 7.80. The Bertz CT molecular complexity index is 923. The summed E-state index contributed by atoms with van der Waals surface area (Å²) in [5.41, 5.74) is -0.947. The highest BCUT2D eigenvalue weighted by Crippen LogP contribution is 2.35. The van der Waals surface area contributed by atoms with Gasteiger partial charge < -0.3 is 10.1 Å². The minimum atomic E-state index is -4.57. The molecule has 1 amide bonds. The summed E-state index contributed by atoms with van der Waals surface area (Å²) >= 11 is 0. The predicted octanol–water partition coefficient (Wildman–Crippen LogP) is 4.15. The van der Waals surface area contributed by atoms with Crippen molar-refractivity contribution in [3.8, 4) is 5.75 Å². The van der Waals surface area contributed by atoms with E-state index >= 15 is 0 Å². The maximum Gasteiger partial charge on any atom is 0.416 e. The van der Waals surface area contributed by atoms with Gasteiger partial charge >= 0.3 is 6.18 Å². The molecule has 0 aliphatic carbocycles. The number of carbonyl (C=O) groups excluding carboxylic acids is 1. The van der Waals surface area contributed by atoms with E-state index in [1.165, 1.54) is 31.2 Å². The molecule has 0 fully saturated rings. The van der Waals surface area contributed by atoms with Crippen molar-refractivity contribution in [3.63, 3.8) is 0 Å². The third-order valence-corrected chi connectivity index (χ3v) is 5.46. The standard InChI is InChI=1S/C18H18F3NO4S/c1-3-26-16-10-7-13(18(19,20)21)11-15(16)22-17(23)12-5-8-14(9-6-12)27(24,25)4-2/h5-11H,3-4H2,1-2H3,(H,22,23). The molecule has 0 heterocycles. The summed E-state index contributed by atoms with van der Waals surface area (Å²) < 4.78 is 67.6. The summed E-state index contributed by atoms with van der Waals surface area (Å²) in [6.07, 6.45) is -4.57. The van der Waals surface area contributed by atoms with Crippen molar-refractivity contribution in [1.29, 1.82) is 0 Å². The van der Waals surface area contributed by atoms with Gasteiger partial charge in [-0.25, -0.2) is 8.42 Å². The molecule has 1 N–H and O–H groups in total. The molecule has 2 aromatic carbocycles. The second-order valence-electron chi connectivity index (χ2n) is 5.52. The summed E-state index contributed by atoms with van der Waals surface area (Å²) in [6.45, 7) is 3.37. The number of rotatable bonds is 6. The van der Waals surface area contributed by atoms with E-state index in [0.717, 1.165) is 18.2 Å². The summed E-state index contributed by atoms with van der Waals surface area (Å²) in [7, 11) is -3.41. The lowest BCUT2D eigenvalue weighted by Gasteiger charge is -2.15. The minimum Gasteiger partial charge on any atom is -0.492 e. The smallest absolute Gasteiger partial charge is 0.416 e. The van der Waals surface area contributed by atoms with Crippen LogP contribution in [0.25, 0.3) is 0 Å². The molecule has 0 spiro atoms. The number of benzene rings is 2. The van der Waals surface area contributed by atoms with Crippen LogP contribution in [0, 0.1) is 0 Å². The van der Waals surface area contributed by atoms with Crippen LogP contribution in [0.5, 0.6) is 5.75 Å². The Balaban J connectivity index is 2.31. The molecule has 0 unspecified atom stereocenters. The Kier molecular flexibility index (Phi) is 6.15. The Morgan fingerprint density at radius 1 is 1.07 bits per heavy atom. The molecule has 0 aliphatic heterocycles. The topological polar surface area (TPSA) is 72.5 Å². The van der Waals surface area contributed by atoms with Gasteiger partial charge in [-0.3, -0.25) is 4.79 Å². The maximum absolute atomic E-state index is 12.9. The molecule has 2 rings (SSSR count). The van der Waals surface area contributed by atoms with Gasteiger partial charge in [-0.05, 0) is 49.4 Å². The van der Waals surface area contributed by atoms with E-state index in [0.29, 0.717) is 0 Å². The van der Waals surface area contributed by atoms with E-state index in [1.807, 2.05) is 0 Å². The fourth-order valence-electron chi connectivity index (χ4n) is 2.26. The van der Waals surface area contributed by atoms with Crippen molar-refractivity contribution in [2.75, 3.05) is 17.7 Å². The molecular weight excluding hydrogens is 383 g/mol. The Hall–Kier alpha value is -2.55. The molecule has 0 aliphatic rings. The summed E-state index contributed by atoms with van der Waals surface area (Å²) in [4.78, 5) is 12.4. The van der Waals surface area contributed by atoms with Crippen molar-refractivity contribution < 1.29 is 31.1 Å². The summed E-state index contributed by atoms with van der Waals surface area (Å²) in [5.74, 6) is -0.666. The number of carbonyl (C=O) groups is 1. The lowest BCUT2D eigenvalue weighted by Crippen LogP contribution is -2.15. The van der Waals surface area contributed by atoms with Crippen molar-refractivity contribution in [1.82, 2.24) is 0 Å². The first-order valence-electron chi connectivity index (χ1n) is 8.06. The Morgan fingerprint density at radius 3 is 2.22 bits per heavy atom. The first kappa shape index (κ1) is 20.8. The van der Waals surface area contributed by atoms with Crippen LogP contribution in [0.15, 0.2) is 47.4 Å². The van der Waals surface area contributed by atoms with Crippen LogP contribution in [-0.4, -0.2) is 26.7 Å². The van der Waals surface area contributed by atoms with E-state index < -0.39 is 27.5 Å². The fraction of sp³-hybridized carbons (Fsp3) is 0.278. The van der Waals surface area contributed by atoms with Gasteiger partial charge in [-0.1, -0.05) is 6.92 Å². The maximum atomic E-state index is 12.9. The van der Waals surface area contributed by atoms with Crippen molar-refractivity contribution in [2.45, 2.75) is 24.9 Å². The van der Waals surface area contributed by atoms with Gasteiger partial charge in [0, 0.05) is 5.56 Å². The van der Waals surface area contributed by atoms with Crippen LogP contribution in [0.3, 0.4) is 0 Å². The van der Waals surface area contributed by atoms with Crippen LogP contribution in [0.1, 0.15) is 29.8 Å². The Morgan fingerprint density at radius 2 is 1.70 bits per heavy atom. The number of hydrogen-bond donors (Lipinski definition) is 1. The van der Waals surface area contributed by atoms with E-state index in [1.54, 1.807) is 6.92 Å². The quantitative estimate of drug-likeness (QED) is 0.789. The van der Waals surface area contributed by atoms with Gasteiger partial charge in [0.25, 0.3) is 5.91 Å². The number of ether oxygens (including phenoxy) is 1. The van der Waals surface area contributed by atoms with Gasteiger partial charge in [0.2, 0.25) is 0 Å². The number of anilines is 1. The van der Waals surface area contributed by atoms with Gasteiger partial charge in [-0.15, -0.1) is 0 Å². The average molecular weight is 401 g/mol. The predicted molar refractivity (Wildman–Crippen MR) is 94.7 cm³/mol. The number of sulfone groups is 1. The molecule has 0 bridgehead atoms. The molecule has 0 radical (unpaired) electrons. The van der Waals surface area contributed by atoms with Crippen molar-refractivity contribution >= 4 is 21.4 Å². The lowest BCUT2D eigenvalue weighted by atomic mass is 10.1. The van der Waals surface area contributed by atoms with Crippen LogP contribution < -0.4 is 10.1 Å². The molecule has 0 saturated carbocycles. The zero-order valence-electron chi connectivity index (χ0n) is 14.6. The van der Waals surface area contributed by atoms with E-state index in [2.05, 4.69) is 5.32 Å². The van der Waals surface area contributed by atoms with Crippen LogP contribution in [0.2, 0.25) is 0 Å². The van der Waals surface area contributed by atoms with Crippen molar-refractivity contribution in [3.05, 3.63) is 53.6 Å². The summed E-state index contributed by atoms with van der Waals surface area (Å²) in [5, 5.41) is 2.38. The lowest BCUT2D eigenvalue weighted by molar-refractivity contribution is -0.137. The van der Waals surface area contributed by atoms with Crippen molar-refractivity contribution in [2.24, 2.45) is 0 Å². The van der Waals surface area contributed by atoms with Crippen LogP contribution >= 0.6 is 0 Å². The van der Waals surface area contributed by atoms with Gasteiger partial charge in [0.15, 0.2) is 9.84 Å². The molecule has 0 aromatic heterocycles. The molecule has 27 heavy (non-hydrogen) atoms. The molecule has 5 nitrogen and oxygen atoms in total. The zero-order valence-corrected chi connectivity index (χ0v) is 15.4. The van der Waals surface area contributed by atoms with Crippen LogP contribution in [0.4, 0.5) is 18.9 Å². The number of nitrogens with one attached hydrogen (secondary N) is 1. The SMILES string of the molecule is CCOc1ccc(C(F)(F)F)cc1NC(=O)c1ccc(S(=O)(=O)CC)cc1. The van der Waals surface area contributed by atoms with E-state index in [9.17, 15) is 26.4 Å². The van der Waals surface area contributed by atoms with Crippen LogP contribution in [-0.2, 0) is 16.0 Å². The zero-order chi connectivity index (χ0) is 20.2. The largest absolute Gasteiger partial charge is 0.492 e. The molecule has 146 valence electrons. The molecular formula is C18H18F3NO4S. The molecule has 2 aromatic rings. The highest BCUT2D eigenvalue weighted by atomic mass is 32.2. The fourth-order valence-corrected chi connectivity index (χ4v) is 3.14. The highest BCUT2D eigenvalue weighted by Gasteiger charge is 2.31. The molecule has 0 atom stereocenters. The van der Waals surface area contributed by atoms with E-state index in [-0.39, 0.29) is 34.3 Å². The summed E-state index contributed by atoms with van der Waals surface area (Å²) in [6, 6.07) is 7.95. The van der Waals surface area contributed by atoms with Gasteiger partial charge in [0.05, 0.1) is 28.5 Å².